The maximum absolute atomic E-state index is 10.1. The van der Waals surface area contributed by atoms with Gasteiger partial charge in [-0.2, -0.15) is 12.6 Å². The predicted octanol–water partition coefficient (Wildman–Crippen LogP) is -1.04. The summed E-state index contributed by atoms with van der Waals surface area (Å²) in [5, 5.41) is 18.8. The van der Waals surface area contributed by atoms with Gasteiger partial charge in [0, 0.05) is 0 Å². The van der Waals surface area contributed by atoms with E-state index in [1.54, 1.807) is 4.57 Å². The molecule has 1 aliphatic heterocycles. The van der Waals surface area contributed by atoms with E-state index >= 15 is 0 Å². The van der Waals surface area contributed by atoms with Crippen molar-refractivity contribution in [2.75, 3.05) is 12.3 Å². The lowest BCUT2D eigenvalue weighted by atomic mass is 10.2. The minimum absolute atomic E-state index is 0.217. The average molecular weight is 283 g/mol. The van der Waals surface area contributed by atoms with Gasteiger partial charge in [-0.1, -0.05) is 0 Å². The number of thiol groups is 1. The number of rotatable bonds is 2. The van der Waals surface area contributed by atoms with Gasteiger partial charge in [0.1, 0.15) is 17.9 Å². The van der Waals surface area contributed by atoms with Crippen LogP contribution in [0.25, 0.3) is 11.2 Å². The largest absolute Gasteiger partial charge is 0.394 e. The summed E-state index contributed by atoms with van der Waals surface area (Å²) in [4.78, 5) is 12.0. The number of hydrogen-bond acceptors (Lipinski definition) is 8. The Kier molecular flexibility index (Phi) is 3.05. The van der Waals surface area contributed by atoms with Crippen LogP contribution in [-0.2, 0) is 4.74 Å². The van der Waals surface area contributed by atoms with Crippen molar-refractivity contribution in [2.45, 2.75) is 23.7 Å². The molecular formula is C10H13N5O3S. The summed E-state index contributed by atoms with van der Waals surface area (Å²) < 4.78 is 7.14. The molecule has 2 aromatic heterocycles. The molecule has 0 unspecified atom stereocenters. The Morgan fingerprint density at radius 2 is 2.21 bits per heavy atom. The first-order valence-corrected chi connectivity index (χ1v) is 6.20. The lowest BCUT2D eigenvalue weighted by molar-refractivity contribution is -0.0486. The van der Waals surface area contributed by atoms with Gasteiger partial charge in [0.15, 0.2) is 17.7 Å². The first-order valence-electron chi connectivity index (χ1n) is 5.69. The molecule has 1 saturated heterocycles. The van der Waals surface area contributed by atoms with Gasteiger partial charge in [-0.15, -0.1) is 0 Å². The van der Waals surface area contributed by atoms with Crippen LogP contribution < -0.4 is 5.73 Å². The highest BCUT2D eigenvalue weighted by atomic mass is 32.1. The van der Waals surface area contributed by atoms with E-state index in [4.69, 9.17) is 10.5 Å². The molecule has 0 aliphatic carbocycles. The van der Waals surface area contributed by atoms with Crippen molar-refractivity contribution >= 4 is 29.6 Å². The molecule has 0 aromatic carbocycles. The standard InChI is InChI=1S/C10H13N5O3S/c11-8-5-9(13-2-12-8)15(3-14-5)10-6(17)7(19)4(1-16)18-10/h2-4,6-7,10,16-17,19H,1H2,(H2,11,12,13)/t4-,6-,7+,10-/m0/s1. The molecule has 4 N–H and O–H groups in total. The van der Waals surface area contributed by atoms with E-state index in [1.165, 1.54) is 12.7 Å². The second-order valence-electron chi connectivity index (χ2n) is 4.31. The normalized spacial score (nSPS) is 31.1. The highest BCUT2D eigenvalue weighted by Crippen LogP contribution is 2.34. The van der Waals surface area contributed by atoms with Crippen LogP contribution in [0.4, 0.5) is 5.82 Å². The van der Waals surface area contributed by atoms with Crippen molar-refractivity contribution in [1.82, 2.24) is 19.5 Å². The molecule has 1 aliphatic rings. The van der Waals surface area contributed by atoms with E-state index in [0.29, 0.717) is 11.2 Å². The summed E-state index contributed by atoms with van der Waals surface area (Å²) >= 11 is 4.24. The van der Waals surface area contributed by atoms with Gasteiger partial charge in [0.05, 0.1) is 24.3 Å². The minimum Gasteiger partial charge on any atom is -0.394 e. The number of nitrogen functional groups attached to an aromatic ring is 1. The molecule has 0 spiro atoms. The lowest BCUT2D eigenvalue weighted by Crippen LogP contribution is -2.28. The third kappa shape index (κ3) is 1.86. The molecule has 8 nitrogen and oxygen atoms in total. The molecule has 0 amide bonds. The van der Waals surface area contributed by atoms with Crippen LogP contribution in [0.2, 0.25) is 0 Å². The van der Waals surface area contributed by atoms with Crippen LogP contribution in [0.3, 0.4) is 0 Å². The number of aromatic nitrogens is 4. The van der Waals surface area contributed by atoms with Crippen LogP contribution in [0.15, 0.2) is 12.7 Å². The molecule has 0 bridgehead atoms. The summed E-state index contributed by atoms with van der Waals surface area (Å²) in [5.74, 6) is 0.261. The Hall–Kier alpha value is -1.42. The summed E-state index contributed by atoms with van der Waals surface area (Å²) in [7, 11) is 0. The zero-order valence-corrected chi connectivity index (χ0v) is 10.7. The fraction of sp³-hybridized carbons (Fsp3) is 0.500. The van der Waals surface area contributed by atoms with Gasteiger partial charge in [-0.25, -0.2) is 15.0 Å². The Bertz CT molecular complexity index is 606. The Labute approximate surface area is 113 Å². The molecule has 0 radical (unpaired) electrons. The first kappa shape index (κ1) is 12.6. The number of aliphatic hydroxyl groups excluding tert-OH is 2. The van der Waals surface area contributed by atoms with Crippen LogP contribution in [0, 0.1) is 0 Å². The van der Waals surface area contributed by atoms with Crippen LogP contribution in [0.5, 0.6) is 0 Å². The molecule has 2 aromatic rings. The maximum Gasteiger partial charge on any atom is 0.167 e. The fourth-order valence-electron chi connectivity index (χ4n) is 2.17. The zero-order valence-electron chi connectivity index (χ0n) is 9.79. The molecular weight excluding hydrogens is 270 g/mol. The third-order valence-electron chi connectivity index (χ3n) is 3.18. The van der Waals surface area contributed by atoms with E-state index in [2.05, 4.69) is 27.6 Å². The van der Waals surface area contributed by atoms with Gasteiger partial charge in [0.25, 0.3) is 0 Å². The number of nitrogens with two attached hydrogens (primary N) is 1. The molecule has 19 heavy (non-hydrogen) atoms. The van der Waals surface area contributed by atoms with Crippen molar-refractivity contribution < 1.29 is 14.9 Å². The van der Waals surface area contributed by atoms with Gasteiger partial charge in [-0.3, -0.25) is 4.57 Å². The fourth-order valence-corrected chi connectivity index (χ4v) is 2.48. The average Bonchev–Trinajstić information content (AvgIpc) is 2.94. The van der Waals surface area contributed by atoms with Crippen molar-refractivity contribution in [3.05, 3.63) is 12.7 Å². The number of ether oxygens (including phenoxy) is 1. The van der Waals surface area contributed by atoms with Crippen LogP contribution in [0.1, 0.15) is 6.23 Å². The van der Waals surface area contributed by atoms with Crippen molar-refractivity contribution in [3.8, 4) is 0 Å². The van der Waals surface area contributed by atoms with Crippen LogP contribution >= 0.6 is 12.6 Å². The van der Waals surface area contributed by atoms with Crippen molar-refractivity contribution in [3.63, 3.8) is 0 Å². The van der Waals surface area contributed by atoms with Crippen molar-refractivity contribution in [2.24, 2.45) is 0 Å². The molecule has 0 saturated carbocycles. The summed E-state index contributed by atoms with van der Waals surface area (Å²) in [5.41, 5.74) is 6.61. The summed E-state index contributed by atoms with van der Waals surface area (Å²) in [6, 6.07) is 0. The minimum atomic E-state index is -0.880. The predicted molar refractivity (Wildman–Crippen MR) is 69.5 cm³/mol. The third-order valence-corrected chi connectivity index (χ3v) is 3.82. The monoisotopic (exact) mass is 283 g/mol. The Morgan fingerprint density at radius 3 is 2.89 bits per heavy atom. The van der Waals surface area contributed by atoms with E-state index in [9.17, 15) is 10.2 Å². The SMILES string of the molecule is Nc1ncnc2c1ncn2[C@H]1O[C@@H](CO)[C@@H](S)[C@@H]1O. The van der Waals surface area contributed by atoms with E-state index in [0.717, 1.165) is 0 Å². The highest BCUT2D eigenvalue weighted by molar-refractivity contribution is 7.81. The number of anilines is 1. The van der Waals surface area contributed by atoms with Crippen LogP contribution in [-0.4, -0.2) is 53.8 Å². The van der Waals surface area contributed by atoms with E-state index in [-0.39, 0.29) is 12.4 Å². The molecule has 4 atom stereocenters. The number of nitrogens with zero attached hydrogens (tertiary/aromatic N) is 4. The molecule has 1 fully saturated rings. The molecule has 9 heteroatoms. The number of hydrogen-bond donors (Lipinski definition) is 4. The quantitative estimate of drug-likeness (QED) is 0.520. The topological polar surface area (TPSA) is 119 Å². The van der Waals surface area contributed by atoms with Crippen molar-refractivity contribution in [1.29, 1.82) is 0 Å². The lowest BCUT2D eigenvalue weighted by Gasteiger charge is -2.16. The number of fused-ring (bicyclic) bond motifs is 1. The van der Waals surface area contributed by atoms with Gasteiger partial charge < -0.3 is 20.7 Å². The van der Waals surface area contributed by atoms with Gasteiger partial charge in [0.2, 0.25) is 0 Å². The molecule has 3 heterocycles. The maximum atomic E-state index is 10.1. The van der Waals surface area contributed by atoms with Gasteiger partial charge >= 0.3 is 0 Å². The van der Waals surface area contributed by atoms with Gasteiger partial charge in [-0.05, 0) is 0 Å². The zero-order chi connectivity index (χ0) is 13.6. The summed E-state index contributed by atoms with van der Waals surface area (Å²) in [6.07, 6.45) is 0.663. The number of aliphatic hydroxyl groups is 2. The molecule has 102 valence electrons. The summed E-state index contributed by atoms with van der Waals surface area (Å²) in [6.45, 7) is -0.217. The highest BCUT2D eigenvalue weighted by Gasteiger charge is 2.42. The Balaban J connectivity index is 2.04. The first-order chi connectivity index (χ1) is 9.13. The second-order valence-corrected chi connectivity index (χ2v) is 4.91. The van der Waals surface area contributed by atoms with E-state index < -0.39 is 23.7 Å². The molecule has 3 rings (SSSR count). The van der Waals surface area contributed by atoms with E-state index in [1.807, 2.05) is 0 Å². The smallest absolute Gasteiger partial charge is 0.167 e. The number of imidazole rings is 1. The second kappa shape index (κ2) is 4.60. The Morgan fingerprint density at radius 1 is 1.42 bits per heavy atom.